The highest BCUT2D eigenvalue weighted by Gasteiger charge is 2.21. The van der Waals surface area contributed by atoms with E-state index in [4.69, 9.17) is 10.2 Å². The zero-order valence-electron chi connectivity index (χ0n) is 9.81. The summed E-state index contributed by atoms with van der Waals surface area (Å²) in [5.41, 5.74) is 0.481. The SMILES string of the molecule is Cc1ccc(F)c(C(=O)NC(CCO)C(=O)O)c1. The second kappa shape index (κ2) is 6.11. The molecule has 0 aliphatic carbocycles. The first kappa shape index (κ1) is 14.1. The molecule has 6 heteroatoms. The Balaban J connectivity index is 2.86. The van der Waals surface area contributed by atoms with Crippen LogP contribution in [-0.2, 0) is 4.79 Å². The van der Waals surface area contributed by atoms with E-state index in [1.165, 1.54) is 12.1 Å². The van der Waals surface area contributed by atoms with Gasteiger partial charge in [-0.3, -0.25) is 4.79 Å². The third-order valence-corrected chi connectivity index (χ3v) is 2.39. The Morgan fingerprint density at radius 1 is 1.44 bits per heavy atom. The Kier molecular flexibility index (Phi) is 4.79. The van der Waals surface area contributed by atoms with Crippen LogP contribution in [0.2, 0.25) is 0 Å². The van der Waals surface area contributed by atoms with E-state index in [9.17, 15) is 14.0 Å². The number of carboxylic acid groups (broad SMARTS) is 1. The standard InChI is InChI=1S/C12H14FNO4/c1-7-2-3-9(13)8(6-7)11(16)14-10(4-5-15)12(17)18/h2-3,6,10,15H,4-5H2,1H3,(H,14,16)(H,17,18). The number of aryl methyl sites for hydroxylation is 1. The number of benzene rings is 1. The minimum absolute atomic E-state index is 0.130. The molecule has 1 atom stereocenters. The highest BCUT2D eigenvalue weighted by atomic mass is 19.1. The number of amides is 1. The van der Waals surface area contributed by atoms with Crippen LogP contribution in [0.1, 0.15) is 22.3 Å². The van der Waals surface area contributed by atoms with Gasteiger partial charge in [0, 0.05) is 13.0 Å². The van der Waals surface area contributed by atoms with Crippen molar-refractivity contribution in [1.82, 2.24) is 5.32 Å². The Morgan fingerprint density at radius 2 is 2.11 bits per heavy atom. The second-order valence-electron chi connectivity index (χ2n) is 3.86. The number of aliphatic carboxylic acids is 1. The number of aliphatic hydroxyl groups excluding tert-OH is 1. The molecule has 0 aliphatic heterocycles. The van der Waals surface area contributed by atoms with Crippen LogP contribution in [0.3, 0.4) is 0 Å². The van der Waals surface area contributed by atoms with Gasteiger partial charge in [0.2, 0.25) is 0 Å². The first-order valence-corrected chi connectivity index (χ1v) is 5.36. The van der Waals surface area contributed by atoms with Crippen LogP contribution >= 0.6 is 0 Å². The zero-order valence-corrected chi connectivity index (χ0v) is 9.81. The van der Waals surface area contributed by atoms with Crippen LogP contribution in [0.15, 0.2) is 18.2 Å². The quantitative estimate of drug-likeness (QED) is 0.722. The lowest BCUT2D eigenvalue weighted by Crippen LogP contribution is -2.41. The number of aliphatic hydroxyl groups is 1. The van der Waals surface area contributed by atoms with Gasteiger partial charge in [0.1, 0.15) is 11.9 Å². The lowest BCUT2D eigenvalue weighted by molar-refractivity contribution is -0.139. The molecular weight excluding hydrogens is 241 g/mol. The molecule has 1 rings (SSSR count). The molecule has 18 heavy (non-hydrogen) atoms. The lowest BCUT2D eigenvalue weighted by Gasteiger charge is -2.13. The Bertz CT molecular complexity index is 461. The number of carbonyl (C=O) groups excluding carboxylic acids is 1. The third-order valence-electron chi connectivity index (χ3n) is 2.39. The van der Waals surface area contributed by atoms with Crippen molar-refractivity contribution in [3.63, 3.8) is 0 Å². The van der Waals surface area contributed by atoms with Crippen LogP contribution < -0.4 is 5.32 Å². The Morgan fingerprint density at radius 3 is 2.67 bits per heavy atom. The molecule has 0 saturated heterocycles. The van der Waals surface area contributed by atoms with Crippen molar-refractivity contribution in [3.8, 4) is 0 Å². The normalized spacial score (nSPS) is 11.9. The first-order valence-electron chi connectivity index (χ1n) is 5.36. The summed E-state index contributed by atoms with van der Waals surface area (Å²) in [6, 6.07) is 2.76. The van der Waals surface area contributed by atoms with Crippen molar-refractivity contribution in [3.05, 3.63) is 35.1 Å². The predicted octanol–water partition coefficient (Wildman–Crippen LogP) is 0.700. The molecule has 0 radical (unpaired) electrons. The van der Waals surface area contributed by atoms with E-state index >= 15 is 0 Å². The zero-order chi connectivity index (χ0) is 13.7. The summed E-state index contributed by atoms with van der Waals surface area (Å²) in [6.07, 6.45) is -0.130. The Labute approximate surface area is 103 Å². The van der Waals surface area contributed by atoms with Crippen LogP contribution in [-0.4, -0.2) is 34.7 Å². The summed E-state index contributed by atoms with van der Waals surface area (Å²) in [7, 11) is 0. The summed E-state index contributed by atoms with van der Waals surface area (Å²) < 4.78 is 13.4. The van der Waals surface area contributed by atoms with Crippen LogP contribution in [0, 0.1) is 12.7 Å². The van der Waals surface area contributed by atoms with Crippen LogP contribution in [0.5, 0.6) is 0 Å². The summed E-state index contributed by atoms with van der Waals surface area (Å²) in [5.74, 6) is -2.80. The molecule has 1 aromatic carbocycles. The topological polar surface area (TPSA) is 86.6 Å². The van der Waals surface area contributed by atoms with E-state index in [1.807, 2.05) is 0 Å². The van der Waals surface area contributed by atoms with Gasteiger partial charge in [-0.05, 0) is 19.1 Å². The van der Waals surface area contributed by atoms with Crippen molar-refractivity contribution in [2.75, 3.05) is 6.61 Å². The molecule has 1 amide bonds. The fourth-order valence-electron chi connectivity index (χ4n) is 1.44. The highest BCUT2D eigenvalue weighted by Crippen LogP contribution is 2.10. The molecule has 0 saturated carbocycles. The molecular formula is C12H14FNO4. The Hall–Kier alpha value is -1.95. The molecule has 0 heterocycles. The van der Waals surface area contributed by atoms with Crippen molar-refractivity contribution >= 4 is 11.9 Å². The summed E-state index contributed by atoms with van der Waals surface area (Å²) in [4.78, 5) is 22.5. The number of carboxylic acids is 1. The molecule has 0 bridgehead atoms. The lowest BCUT2D eigenvalue weighted by atomic mass is 10.1. The molecule has 3 N–H and O–H groups in total. The van der Waals surface area contributed by atoms with E-state index in [0.717, 1.165) is 6.07 Å². The maximum atomic E-state index is 13.4. The van der Waals surface area contributed by atoms with Gasteiger partial charge in [-0.2, -0.15) is 0 Å². The summed E-state index contributed by atoms with van der Waals surface area (Å²) in [6.45, 7) is 1.31. The molecule has 98 valence electrons. The monoisotopic (exact) mass is 255 g/mol. The second-order valence-corrected chi connectivity index (χ2v) is 3.86. The van der Waals surface area contributed by atoms with Crippen LogP contribution in [0.4, 0.5) is 4.39 Å². The predicted molar refractivity (Wildman–Crippen MR) is 61.7 cm³/mol. The fourth-order valence-corrected chi connectivity index (χ4v) is 1.44. The average Bonchev–Trinajstić information content (AvgIpc) is 2.31. The van der Waals surface area contributed by atoms with Gasteiger partial charge >= 0.3 is 5.97 Å². The maximum absolute atomic E-state index is 13.4. The van der Waals surface area contributed by atoms with Gasteiger partial charge in [0.15, 0.2) is 0 Å². The molecule has 0 aromatic heterocycles. The van der Waals surface area contributed by atoms with Gasteiger partial charge in [0.25, 0.3) is 5.91 Å². The number of hydrogen-bond acceptors (Lipinski definition) is 3. The smallest absolute Gasteiger partial charge is 0.326 e. The molecule has 0 spiro atoms. The van der Waals surface area contributed by atoms with Crippen molar-refractivity contribution < 1.29 is 24.2 Å². The summed E-state index contributed by atoms with van der Waals surface area (Å²) >= 11 is 0. The van der Waals surface area contributed by atoms with E-state index in [1.54, 1.807) is 6.92 Å². The highest BCUT2D eigenvalue weighted by molar-refractivity contribution is 5.96. The third kappa shape index (κ3) is 3.53. The number of hydrogen-bond donors (Lipinski definition) is 3. The van der Waals surface area contributed by atoms with E-state index < -0.39 is 23.7 Å². The van der Waals surface area contributed by atoms with E-state index in [2.05, 4.69) is 5.32 Å². The van der Waals surface area contributed by atoms with Gasteiger partial charge in [-0.1, -0.05) is 11.6 Å². The van der Waals surface area contributed by atoms with E-state index in [-0.39, 0.29) is 18.6 Å². The van der Waals surface area contributed by atoms with Crippen molar-refractivity contribution in [2.24, 2.45) is 0 Å². The largest absolute Gasteiger partial charge is 0.480 e. The average molecular weight is 255 g/mol. The fraction of sp³-hybridized carbons (Fsp3) is 0.333. The molecule has 0 aliphatic rings. The molecule has 0 fully saturated rings. The maximum Gasteiger partial charge on any atom is 0.326 e. The van der Waals surface area contributed by atoms with Crippen molar-refractivity contribution in [2.45, 2.75) is 19.4 Å². The number of carbonyl (C=O) groups is 2. The molecule has 1 aromatic rings. The minimum Gasteiger partial charge on any atom is -0.480 e. The molecule has 1 unspecified atom stereocenters. The number of rotatable bonds is 5. The van der Waals surface area contributed by atoms with E-state index in [0.29, 0.717) is 5.56 Å². The number of halogens is 1. The minimum atomic E-state index is -1.27. The molecule has 5 nitrogen and oxygen atoms in total. The summed E-state index contributed by atoms with van der Waals surface area (Å²) in [5, 5.41) is 19.6. The van der Waals surface area contributed by atoms with Gasteiger partial charge in [-0.25, -0.2) is 9.18 Å². The van der Waals surface area contributed by atoms with Gasteiger partial charge in [-0.15, -0.1) is 0 Å². The van der Waals surface area contributed by atoms with Crippen LogP contribution in [0.25, 0.3) is 0 Å². The first-order chi connectivity index (χ1) is 8.45. The van der Waals surface area contributed by atoms with Crippen molar-refractivity contribution in [1.29, 1.82) is 0 Å². The number of nitrogens with one attached hydrogen (secondary N) is 1. The van der Waals surface area contributed by atoms with Gasteiger partial charge in [0.05, 0.1) is 5.56 Å². The van der Waals surface area contributed by atoms with Gasteiger partial charge < -0.3 is 15.5 Å².